The smallest absolute Gasteiger partial charge is 0.230 e. The molecule has 0 aromatic heterocycles. The number of nitrogens with one attached hydrogen (secondary N) is 2. The van der Waals surface area contributed by atoms with Gasteiger partial charge in [0.2, 0.25) is 5.91 Å². The topological polar surface area (TPSA) is 44.4 Å². The number of nitrogens with zero attached hydrogens (tertiary/aromatic N) is 1. The van der Waals surface area contributed by atoms with Crippen molar-refractivity contribution >= 4 is 11.6 Å². The number of hydrogen-bond acceptors (Lipinski definition) is 3. The fourth-order valence-electron chi connectivity index (χ4n) is 1.56. The number of amides is 1. The van der Waals surface area contributed by atoms with Crippen LogP contribution in [0.3, 0.4) is 0 Å². The SMILES string of the molecule is CC(=O)NN[C@@H](C)Cc1ccc(N(C)C)cc1. The van der Waals surface area contributed by atoms with Crippen molar-refractivity contribution in [2.24, 2.45) is 0 Å². The quantitative estimate of drug-likeness (QED) is 0.757. The Balaban J connectivity index is 2.48. The van der Waals surface area contributed by atoms with Crippen LogP contribution in [0.15, 0.2) is 24.3 Å². The van der Waals surface area contributed by atoms with Crippen LogP contribution in [-0.2, 0) is 11.2 Å². The van der Waals surface area contributed by atoms with Gasteiger partial charge in [0.1, 0.15) is 0 Å². The summed E-state index contributed by atoms with van der Waals surface area (Å²) in [6.45, 7) is 3.53. The lowest BCUT2D eigenvalue weighted by Crippen LogP contribution is -2.42. The molecule has 0 spiro atoms. The fraction of sp³-hybridized carbons (Fsp3) is 0.462. The lowest BCUT2D eigenvalue weighted by atomic mass is 10.1. The lowest BCUT2D eigenvalue weighted by molar-refractivity contribution is -0.120. The van der Waals surface area contributed by atoms with Crippen LogP contribution in [0.5, 0.6) is 0 Å². The molecule has 1 aromatic rings. The van der Waals surface area contributed by atoms with Gasteiger partial charge in [0.25, 0.3) is 0 Å². The Morgan fingerprint density at radius 2 is 1.88 bits per heavy atom. The Morgan fingerprint density at radius 3 is 2.35 bits per heavy atom. The summed E-state index contributed by atoms with van der Waals surface area (Å²) < 4.78 is 0. The first kappa shape index (κ1) is 13.5. The molecule has 0 radical (unpaired) electrons. The van der Waals surface area contributed by atoms with Gasteiger partial charge in [0.05, 0.1) is 0 Å². The molecule has 94 valence electrons. The van der Waals surface area contributed by atoms with Gasteiger partial charge in [-0.25, -0.2) is 5.43 Å². The summed E-state index contributed by atoms with van der Waals surface area (Å²) in [5.74, 6) is -0.0696. The molecule has 1 rings (SSSR count). The number of benzene rings is 1. The first-order valence-electron chi connectivity index (χ1n) is 5.77. The maximum atomic E-state index is 10.7. The first-order valence-corrected chi connectivity index (χ1v) is 5.77. The molecule has 1 amide bonds. The lowest BCUT2D eigenvalue weighted by Gasteiger charge is -2.16. The zero-order chi connectivity index (χ0) is 12.8. The van der Waals surface area contributed by atoms with Gasteiger partial charge in [0.15, 0.2) is 0 Å². The Kier molecular flexibility index (Phi) is 4.97. The minimum absolute atomic E-state index is 0.0696. The molecule has 0 aliphatic rings. The van der Waals surface area contributed by atoms with E-state index in [0.29, 0.717) is 0 Å². The normalized spacial score (nSPS) is 12.0. The summed E-state index contributed by atoms with van der Waals surface area (Å²) in [6.07, 6.45) is 0.883. The van der Waals surface area contributed by atoms with E-state index in [1.165, 1.54) is 18.2 Å². The van der Waals surface area contributed by atoms with Crippen molar-refractivity contribution in [3.8, 4) is 0 Å². The largest absolute Gasteiger partial charge is 0.378 e. The van der Waals surface area contributed by atoms with Crippen LogP contribution in [0.4, 0.5) is 5.69 Å². The molecule has 2 N–H and O–H groups in total. The van der Waals surface area contributed by atoms with E-state index in [1.54, 1.807) is 0 Å². The van der Waals surface area contributed by atoms with Crippen LogP contribution in [-0.4, -0.2) is 26.0 Å². The van der Waals surface area contributed by atoms with Crippen molar-refractivity contribution in [2.45, 2.75) is 26.3 Å². The molecule has 4 nitrogen and oxygen atoms in total. The summed E-state index contributed by atoms with van der Waals surface area (Å²) >= 11 is 0. The predicted molar refractivity (Wildman–Crippen MR) is 70.9 cm³/mol. The van der Waals surface area contributed by atoms with E-state index in [4.69, 9.17) is 0 Å². The highest BCUT2D eigenvalue weighted by Gasteiger charge is 2.03. The van der Waals surface area contributed by atoms with E-state index in [-0.39, 0.29) is 11.9 Å². The Morgan fingerprint density at radius 1 is 1.29 bits per heavy atom. The number of anilines is 1. The van der Waals surface area contributed by atoms with Crippen LogP contribution in [0.1, 0.15) is 19.4 Å². The number of rotatable bonds is 5. The van der Waals surface area contributed by atoms with Gasteiger partial charge in [-0.15, -0.1) is 0 Å². The van der Waals surface area contributed by atoms with Crippen molar-refractivity contribution in [1.82, 2.24) is 10.9 Å². The maximum Gasteiger partial charge on any atom is 0.230 e. The monoisotopic (exact) mass is 235 g/mol. The molecular weight excluding hydrogens is 214 g/mol. The van der Waals surface area contributed by atoms with Gasteiger partial charge in [-0.05, 0) is 31.0 Å². The van der Waals surface area contributed by atoms with Gasteiger partial charge in [-0.3, -0.25) is 10.2 Å². The minimum atomic E-state index is -0.0696. The van der Waals surface area contributed by atoms with Crippen LogP contribution in [0, 0.1) is 0 Å². The van der Waals surface area contributed by atoms with E-state index in [1.807, 2.05) is 21.0 Å². The summed E-state index contributed by atoms with van der Waals surface area (Å²) in [5.41, 5.74) is 8.00. The molecule has 0 fully saturated rings. The van der Waals surface area contributed by atoms with Crippen LogP contribution < -0.4 is 15.8 Å². The Hall–Kier alpha value is -1.55. The minimum Gasteiger partial charge on any atom is -0.378 e. The Labute approximate surface area is 103 Å². The van der Waals surface area contributed by atoms with E-state index < -0.39 is 0 Å². The second-order valence-corrected chi connectivity index (χ2v) is 4.49. The number of hydrazine groups is 1. The van der Waals surface area contributed by atoms with Gasteiger partial charge in [-0.1, -0.05) is 12.1 Å². The highest BCUT2D eigenvalue weighted by molar-refractivity contribution is 5.72. The van der Waals surface area contributed by atoms with Gasteiger partial charge in [-0.2, -0.15) is 0 Å². The van der Waals surface area contributed by atoms with Gasteiger partial charge in [0, 0.05) is 32.7 Å². The number of carbonyl (C=O) groups is 1. The standard InChI is InChI=1S/C13H21N3O/c1-10(14-15-11(2)17)9-12-5-7-13(8-6-12)16(3)4/h5-8,10,14H,9H2,1-4H3,(H,15,17)/t10-/m0/s1. The second kappa shape index (κ2) is 6.25. The molecule has 1 atom stereocenters. The van der Waals surface area contributed by atoms with Crippen molar-refractivity contribution in [3.63, 3.8) is 0 Å². The predicted octanol–water partition coefficient (Wildman–Crippen LogP) is 1.32. The molecular formula is C13H21N3O. The number of carbonyl (C=O) groups excluding carboxylic acids is 1. The van der Waals surface area contributed by atoms with Crippen LogP contribution in [0.2, 0.25) is 0 Å². The summed E-state index contributed by atoms with van der Waals surface area (Å²) in [5, 5.41) is 0. The summed E-state index contributed by atoms with van der Waals surface area (Å²) in [6, 6.07) is 8.63. The fourth-order valence-corrected chi connectivity index (χ4v) is 1.56. The zero-order valence-electron chi connectivity index (χ0n) is 10.9. The van der Waals surface area contributed by atoms with Crippen molar-refractivity contribution in [1.29, 1.82) is 0 Å². The number of hydrogen-bond donors (Lipinski definition) is 2. The molecule has 0 bridgehead atoms. The van der Waals surface area contributed by atoms with E-state index >= 15 is 0 Å². The molecule has 0 aliphatic carbocycles. The van der Waals surface area contributed by atoms with Crippen molar-refractivity contribution in [2.75, 3.05) is 19.0 Å². The molecule has 0 saturated heterocycles. The third-order valence-electron chi connectivity index (χ3n) is 2.49. The zero-order valence-corrected chi connectivity index (χ0v) is 10.9. The van der Waals surface area contributed by atoms with E-state index in [9.17, 15) is 4.79 Å². The first-order chi connectivity index (χ1) is 7.99. The van der Waals surface area contributed by atoms with Crippen LogP contribution >= 0.6 is 0 Å². The maximum absolute atomic E-state index is 10.7. The van der Waals surface area contributed by atoms with Crippen molar-refractivity contribution < 1.29 is 4.79 Å². The molecule has 1 aromatic carbocycles. The molecule has 0 heterocycles. The second-order valence-electron chi connectivity index (χ2n) is 4.49. The van der Waals surface area contributed by atoms with Gasteiger partial charge >= 0.3 is 0 Å². The summed E-state index contributed by atoms with van der Waals surface area (Å²) in [4.78, 5) is 12.8. The molecule has 0 aliphatic heterocycles. The molecule has 0 saturated carbocycles. The summed E-state index contributed by atoms with van der Waals surface area (Å²) in [7, 11) is 4.05. The third-order valence-corrected chi connectivity index (χ3v) is 2.49. The molecule has 0 unspecified atom stereocenters. The highest BCUT2D eigenvalue weighted by atomic mass is 16.2. The Bertz CT molecular complexity index is 359. The van der Waals surface area contributed by atoms with Crippen LogP contribution in [0.25, 0.3) is 0 Å². The van der Waals surface area contributed by atoms with E-state index in [0.717, 1.165) is 6.42 Å². The average molecular weight is 235 g/mol. The molecule has 4 heteroatoms. The highest BCUT2D eigenvalue weighted by Crippen LogP contribution is 2.13. The average Bonchev–Trinajstić information content (AvgIpc) is 2.27. The van der Waals surface area contributed by atoms with Gasteiger partial charge < -0.3 is 4.90 Å². The van der Waals surface area contributed by atoms with Crippen molar-refractivity contribution in [3.05, 3.63) is 29.8 Å². The van der Waals surface area contributed by atoms with E-state index in [2.05, 4.69) is 40.0 Å². The third kappa shape index (κ3) is 4.87. The molecule has 17 heavy (non-hydrogen) atoms.